The molecule has 5 nitrogen and oxygen atoms in total. The molecule has 2 aromatic carbocycles. The van der Waals surface area contributed by atoms with Gasteiger partial charge < -0.3 is 10.2 Å². The Morgan fingerprint density at radius 2 is 1.78 bits per heavy atom. The van der Waals surface area contributed by atoms with Crippen LogP contribution in [0.3, 0.4) is 0 Å². The molecule has 0 spiro atoms. The Kier molecular flexibility index (Phi) is 4.59. The molecule has 0 saturated carbocycles. The largest absolute Gasteiger partial charge is 0.350 e. The van der Waals surface area contributed by atoms with Crippen LogP contribution in [0.1, 0.15) is 32.7 Å². The summed E-state index contributed by atoms with van der Waals surface area (Å²) in [6.45, 7) is 5.79. The zero-order chi connectivity index (χ0) is 18.8. The quantitative estimate of drug-likeness (QED) is 0.771. The van der Waals surface area contributed by atoms with Crippen molar-refractivity contribution in [2.75, 3.05) is 16.8 Å². The molecule has 1 aliphatic heterocycles. The third-order valence-electron chi connectivity index (χ3n) is 5.10. The third-order valence-corrected chi connectivity index (χ3v) is 5.10. The second-order valence-corrected chi connectivity index (χ2v) is 6.97. The number of carbonyl (C=O) groups is 1. The number of nitrogens with one attached hydrogen (secondary N) is 1. The van der Waals surface area contributed by atoms with E-state index in [1.165, 1.54) is 16.7 Å². The topological polar surface area (TPSA) is 58.1 Å². The van der Waals surface area contributed by atoms with Gasteiger partial charge in [-0.2, -0.15) is 0 Å². The van der Waals surface area contributed by atoms with E-state index in [0.717, 1.165) is 36.6 Å². The van der Waals surface area contributed by atoms with Crippen LogP contribution in [0, 0.1) is 13.8 Å². The van der Waals surface area contributed by atoms with Crippen molar-refractivity contribution in [1.29, 1.82) is 0 Å². The summed E-state index contributed by atoms with van der Waals surface area (Å²) < 4.78 is 0. The van der Waals surface area contributed by atoms with E-state index in [0.29, 0.717) is 5.69 Å². The molecule has 0 aliphatic carbocycles. The first kappa shape index (κ1) is 17.2. The van der Waals surface area contributed by atoms with Gasteiger partial charge in [0.25, 0.3) is 5.91 Å². The van der Waals surface area contributed by atoms with Crippen molar-refractivity contribution in [3.63, 3.8) is 0 Å². The lowest BCUT2D eigenvalue weighted by Crippen LogP contribution is -2.31. The van der Waals surface area contributed by atoms with Crippen molar-refractivity contribution in [3.05, 3.63) is 82.5 Å². The standard InChI is InChI=1S/C22H22N4O/c1-15-7-8-19(13-16(15)2)23-22(27)20-9-10-21(25-24-20)26-12-11-17-5-3-4-6-18(17)14-26/h3-10,13H,11-12,14H2,1-2H3,(H,23,27). The lowest BCUT2D eigenvalue weighted by Gasteiger charge is -2.29. The molecule has 0 saturated heterocycles. The molecule has 4 rings (SSSR count). The van der Waals surface area contributed by atoms with E-state index in [2.05, 4.69) is 44.7 Å². The van der Waals surface area contributed by atoms with Crippen LogP contribution in [-0.4, -0.2) is 22.6 Å². The van der Waals surface area contributed by atoms with Gasteiger partial charge in [0, 0.05) is 18.8 Å². The monoisotopic (exact) mass is 358 g/mol. The summed E-state index contributed by atoms with van der Waals surface area (Å²) >= 11 is 0. The average molecular weight is 358 g/mol. The van der Waals surface area contributed by atoms with E-state index in [4.69, 9.17) is 0 Å². The molecule has 1 aliphatic rings. The highest BCUT2D eigenvalue weighted by Crippen LogP contribution is 2.22. The minimum Gasteiger partial charge on any atom is -0.350 e. The van der Waals surface area contributed by atoms with Crippen molar-refractivity contribution in [3.8, 4) is 0 Å². The summed E-state index contributed by atoms with van der Waals surface area (Å²) in [7, 11) is 0. The number of carbonyl (C=O) groups excluding carboxylic acids is 1. The summed E-state index contributed by atoms with van der Waals surface area (Å²) in [5, 5.41) is 11.3. The van der Waals surface area contributed by atoms with E-state index >= 15 is 0 Å². The van der Waals surface area contributed by atoms with E-state index in [1.54, 1.807) is 6.07 Å². The summed E-state index contributed by atoms with van der Waals surface area (Å²) in [6, 6.07) is 17.9. The van der Waals surface area contributed by atoms with Gasteiger partial charge in [0.15, 0.2) is 11.5 Å². The van der Waals surface area contributed by atoms with Gasteiger partial charge in [0.2, 0.25) is 0 Å². The van der Waals surface area contributed by atoms with Crippen molar-refractivity contribution >= 4 is 17.4 Å². The van der Waals surface area contributed by atoms with Crippen molar-refractivity contribution in [2.45, 2.75) is 26.8 Å². The number of nitrogens with zero attached hydrogens (tertiary/aromatic N) is 3. The van der Waals surface area contributed by atoms with Crippen LogP contribution in [0.4, 0.5) is 11.5 Å². The highest BCUT2D eigenvalue weighted by atomic mass is 16.1. The van der Waals surface area contributed by atoms with Crippen LogP contribution >= 0.6 is 0 Å². The van der Waals surface area contributed by atoms with Gasteiger partial charge in [-0.1, -0.05) is 30.3 Å². The van der Waals surface area contributed by atoms with Gasteiger partial charge >= 0.3 is 0 Å². The Bertz CT molecular complexity index is 982. The maximum absolute atomic E-state index is 12.4. The molecule has 0 atom stereocenters. The van der Waals surface area contributed by atoms with Crippen LogP contribution in [-0.2, 0) is 13.0 Å². The highest BCUT2D eigenvalue weighted by molar-refractivity contribution is 6.02. The Morgan fingerprint density at radius 1 is 0.963 bits per heavy atom. The lowest BCUT2D eigenvalue weighted by molar-refractivity contribution is 0.102. The normalized spacial score (nSPS) is 13.2. The number of hydrogen-bond donors (Lipinski definition) is 1. The van der Waals surface area contributed by atoms with Gasteiger partial charge in [-0.05, 0) is 66.8 Å². The zero-order valence-corrected chi connectivity index (χ0v) is 15.6. The van der Waals surface area contributed by atoms with Gasteiger partial charge in [-0.25, -0.2) is 0 Å². The van der Waals surface area contributed by atoms with E-state index in [-0.39, 0.29) is 5.91 Å². The van der Waals surface area contributed by atoms with E-state index in [9.17, 15) is 4.79 Å². The summed E-state index contributed by atoms with van der Waals surface area (Å²) in [6.07, 6.45) is 0.993. The maximum atomic E-state index is 12.4. The average Bonchev–Trinajstić information content (AvgIpc) is 2.70. The van der Waals surface area contributed by atoms with Gasteiger partial charge in [-0.15, -0.1) is 10.2 Å². The van der Waals surface area contributed by atoms with E-state index < -0.39 is 0 Å². The number of rotatable bonds is 3. The Morgan fingerprint density at radius 3 is 2.52 bits per heavy atom. The maximum Gasteiger partial charge on any atom is 0.276 e. The molecular weight excluding hydrogens is 336 g/mol. The SMILES string of the molecule is Cc1ccc(NC(=O)c2ccc(N3CCc4ccccc4C3)nn2)cc1C. The molecule has 5 heteroatoms. The number of aromatic nitrogens is 2. The number of benzene rings is 2. The molecule has 1 aromatic heterocycles. The Balaban J connectivity index is 1.46. The van der Waals surface area contributed by atoms with Crippen molar-refractivity contribution in [2.24, 2.45) is 0 Å². The molecule has 0 bridgehead atoms. The molecule has 0 fully saturated rings. The molecule has 2 heterocycles. The predicted octanol–water partition coefficient (Wildman–Crippen LogP) is 3.91. The first-order valence-corrected chi connectivity index (χ1v) is 9.14. The summed E-state index contributed by atoms with van der Waals surface area (Å²) in [5.74, 6) is 0.550. The first-order chi connectivity index (χ1) is 13.1. The summed E-state index contributed by atoms with van der Waals surface area (Å²) in [4.78, 5) is 14.6. The van der Waals surface area contributed by atoms with Crippen LogP contribution < -0.4 is 10.2 Å². The van der Waals surface area contributed by atoms with Crippen LogP contribution in [0.2, 0.25) is 0 Å². The molecule has 0 radical (unpaired) electrons. The second kappa shape index (κ2) is 7.19. The van der Waals surface area contributed by atoms with Crippen molar-refractivity contribution < 1.29 is 4.79 Å². The first-order valence-electron chi connectivity index (χ1n) is 9.14. The fourth-order valence-corrected chi connectivity index (χ4v) is 3.32. The second-order valence-electron chi connectivity index (χ2n) is 6.97. The zero-order valence-electron chi connectivity index (χ0n) is 15.6. The van der Waals surface area contributed by atoms with Crippen molar-refractivity contribution in [1.82, 2.24) is 10.2 Å². The fraction of sp³-hybridized carbons (Fsp3) is 0.227. The fourth-order valence-electron chi connectivity index (χ4n) is 3.32. The number of anilines is 2. The van der Waals surface area contributed by atoms with E-state index in [1.807, 2.05) is 38.1 Å². The van der Waals surface area contributed by atoms with Crippen LogP contribution in [0.25, 0.3) is 0 Å². The predicted molar refractivity (Wildman–Crippen MR) is 107 cm³/mol. The number of hydrogen-bond acceptors (Lipinski definition) is 4. The Labute approximate surface area is 159 Å². The van der Waals surface area contributed by atoms with Crippen LogP contribution in [0.15, 0.2) is 54.6 Å². The number of amides is 1. The molecular formula is C22H22N4O. The molecule has 136 valence electrons. The third kappa shape index (κ3) is 3.67. The minimum absolute atomic E-state index is 0.249. The van der Waals surface area contributed by atoms with Gasteiger partial charge in [0.05, 0.1) is 0 Å². The smallest absolute Gasteiger partial charge is 0.276 e. The number of fused-ring (bicyclic) bond motifs is 1. The molecule has 0 unspecified atom stereocenters. The van der Waals surface area contributed by atoms with Gasteiger partial charge in [-0.3, -0.25) is 4.79 Å². The van der Waals surface area contributed by atoms with Crippen LogP contribution in [0.5, 0.6) is 0 Å². The molecule has 1 N–H and O–H groups in total. The molecule has 3 aromatic rings. The van der Waals surface area contributed by atoms with Gasteiger partial charge in [0.1, 0.15) is 0 Å². The molecule has 1 amide bonds. The lowest BCUT2D eigenvalue weighted by atomic mass is 10.00. The molecule has 27 heavy (non-hydrogen) atoms. The Hall–Kier alpha value is -3.21. The summed E-state index contributed by atoms with van der Waals surface area (Å²) in [5.41, 5.74) is 6.13. The minimum atomic E-state index is -0.249. The highest BCUT2D eigenvalue weighted by Gasteiger charge is 2.18. The number of aryl methyl sites for hydroxylation is 2.